The molecule has 1 aliphatic rings. The number of nitrogens with one attached hydrogen (secondary N) is 1. The van der Waals surface area contributed by atoms with Gasteiger partial charge in [0.1, 0.15) is 0 Å². The molecule has 0 radical (unpaired) electrons. The van der Waals surface area contributed by atoms with Crippen molar-refractivity contribution in [1.29, 1.82) is 0 Å². The van der Waals surface area contributed by atoms with Gasteiger partial charge in [0, 0.05) is 11.6 Å². The number of nitrogens with zero attached hydrogens (tertiary/aromatic N) is 1. The Kier molecular flexibility index (Phi) is 7.49. The molecule has 1 rings (SSSR count). The highest BCUT2D eigenvalue weighted by atomic mass is 16.3. The van der Waals surface area contributed by atoms with E-state index in [1.165, 1.54) is 32.4 Å². The Labute approximate surface area is 126 Å². The van der Waals surface area contributed by atoms with Gasteiger partial charge in [-0.05, 0) is 64.1 Å². The highest BCUT2D eigenvalue weighted by Gasteiger charge is 2.26. The monoisotopic (exact) mass is 284 g/mol. The van der Waals surface area contributed by atoms with Crippen molar-refractivity contribution < 1.29 is 5.11 Å². The van der Waals surface area contributed by atoms with E-state index in [-0.39, 0.29) is 12.1 Å². The number of hydrogen-bond acceptors (Lipinski definition) is 3. The first-order valence-corrected chi connectivity index (χ1v) is 8.47. The fourth-order valence-corrected chi connectivity index (χ4v) is 3.37. The van der Waals surface area contributed by atoms with Gasteiger partial charge in [0.15, 0.2) is 0 Å². The summed E-state index contributed by atoms with van der Waals surface area (Å²) >= 11 is 0. The van der Waals surface area contributed by atoms with Crippen molar-refractivity contribution in [2.24, 2.45) is 11.8 Å². The summed E-state index contributed by atoms with van der Waals surface area (Å²) in [5, 5.41) is 13.2. The molecule has 120 valence electrons. The van der Waals surface area contributed by atoms with E-state index in [1.54, 1.807) is 0 Å². The minimum Gasteiger partial charge on any atom is -0.394 e. The van der Waals surface area contributed by atoms with E-state index in [0.29, 0.717) is 6.04 Å². The third-order valence-corrected chi connectivity index (χ3v) is 4.77. The second-order valence-electron chi connectivity index (χ2n) is 7.54. The van der Waals surface area contributed by atoms with Gasteiger partial charge in [-0.2, -0.15) is 0 Å². The van der Waals surface area contributed by atoms with Crippen LogP contribution in [0.15, 0.2) is 0 Å². The minimum absolute atomic E-state index is 0.141. The van der Waals surface area contributed by atoms with E-state index in [1.807, 2.05) is 0 Å². The zero-order chi connectivity index (χ0) is 15.2. The van der Waals surface area contributed by atoms with E-state index in [4.69, 9.17) is 0 Å². The van der Waals surface area contributed by atoms with Crippen molar-refractivity contribution in [2.75, 3.05) is 26.2 Å². The molecule has 0 aromatic rings. The highest BCUT2D eigenvalue weighted by Crippen LogP contribution is 2.25. The van der Waals surface area contributed by atoms with Crippen LogP contribution in [0.4, 0.5) is 0 Å². The van der Waals surface area contributed by atoms with E-state index in [2.05, 4.69) is 44.8 Å². The number of aliphatic hydroxyl groups excluding tert-OH is 1. The summed E-state index contributed by atoms with van der Waals surface area (Å²) in [5.74, 6) is 1.72. The maximum atomic E-state index is 9.65. The van der Waals surface area contributed by atoms with Crippen molar-refractivity contribution >= 4 is 0 Å². The van der Waals surface area contributed by atoms with Gasteiger partial charge in [0.25, 0.3) is 0 Å². The van der Waals surface area contributed by atoms with Gasteiger partial charge in [0.2, 0.25) is 0 Å². The number of rotatable bonds is 7. The molecular formula is C17H36N2O. The average Bonchev–Trinajstić information content (AvgIpc) is 2.61. The van der Waals surface area contributed by atoms with Crippen LogP contribution in [-0.2, 0) is 0 Å². The summed E-state index contributed by atoms with van der Waals surface area (Å²) in [5.41, 5.74) is -0.141. The predicted molar refractivity (Wildman–Crippen MR) is 87.0 cm³/mol. The van der Waals surface area contributed by atoms with Crippen LogP contribution in [0.3, 0.4) is 0 Å². The molecule has 3 nitrogen and oxygen atoms in total. The highest BCUT2D eigenvalue weighted by molar-refractivity contribution is 4.85. The number of aliphatic hydroxyl groups is 1. The third-order valence-electron chi connectivity index (χ3n) is 4.77. The smallest absolute Gasteiger partial charge is 0.0611 e. The van der Waals surface area contributed by atoms with Crippen LogP contribution in [0.1, 0.15) is 60.3 Å². The lowest BCUT2D eigenvalue weighted by molar-refractivity contribution is 0.138. The molecule has 0 aromatic carbocycles. The number of hydrogen-bond donors (Lipinski definition) is 2. The zero-order valence-electron chi connectivity index (χ0n) is 14.3. The summed E-state index contributed by atoms with van der Waals surface area (Å²) in [6.07, 6.45) is 5.07. The van der Waals surface area contributed by atoms with Crippen LogP contribution >= 0.6 is 0 Å². The topological polar surface area (TPSA) is 35.5 Å². The molecular weight excluding hydrogens is 248 g/mol. The second kappa shape index (κ2) is 8.35. The molecule has 0 saturated carbocycles. The molecule has 20 heavy (non-hydrogen) atoms. The van der Waals surface area contributed by atoms with Crippen LogP contribution in [0, 0.1) is 11.8 Å². The predicted octanol–water partition coefficient (Wildman–Crippen LogP) is 2.88. The van der Waals surface area contributed by atoms with Crippen molar-refractivity contribution in [2.45, 2.75) is 71.9 Å². The van der Waals surface area contributed by atoms with Crippen molar-refractivity contribution in [3.63, 3.8) is 0 Å². The molecule has 3 heteroatoms. The standard InChI is InChI=1S/C17H36N2O/c1-14(2)16-7-6-10-19(11-8-16)12-9-17(5,13-20)18-15(3)4/h14-16,18,20H,6-13H2,1-5H3. The Hall–Kier alpha value is -0.120. The van der Waals surface area contributed by atoms with Crippen molar-refractivity contribution in [3.8, 4) is 0 Å². The second-order valence-corrected chi connectivity index (χ2v) is 7.54. The molecule has 1 fully saturated rings. The van der Waals surface area contributed by atoms with E-state index in [0.717, 1.165) is 24.8 Å². The van der Waals surface area contributed by atoms with Gasteiger partial charge in [0.05, 0.1) is 6.61 Å². The van der Waals surface area contributed by atoms with Crippen LogP contribution in [0.5, 0.6) is 0 Å². The molecule has 1 saturated heterocycles. The molecule has 0 spiro atoms. The molecule has 2 unspecified atom stereocenters. The minimum atomic E-state index is -0.141. The zero-order valence-corrected chi connectivity index (χ0v) is 14.3. The third kappa shape index (κ3) is 6.11. The first kappa shape index (κ1) is 17.9. The lowest BCUT2D eigenvalue weighted by atomic mass is 9.89. The molecule has 2 N–H and O–H groups in total. The molecule has 0 bridgehead atoms. The molecule has 0 aromatic heterocycles. The fourth-order valence-electron chi connectivity index (χ4n) is 3.37. The van der Waals surface area contributed by atoms with Gasteiger partial charge in [-0.15, -0.1) is 0 Å². The van der Waals surface area contributed by atoms with Crippen LogP contribution < -0.4 is 5.32 Å². The maximum Gasteiger partial charge on any atom is 0.0611 e. The van der Waals surface area contributed by atoms with Gasteiger partial charge in [-0.3, -0.25) is 0 Å². The summed E-state index contributed by atoms with van der Waals surface area (Å²) in [6.45, 7) is 14.9. The van der Waals surface area contributed by atoms with Gasteiger partial charge in [-0.1, -0.05) is 27.7 Å². The Balaban J connectivity index is 2.40. The van der Waals surface area contributed by atoms with Gasteiger partial charge < -0.3 is 15.3 Å². The Morgan fingerprint density at radius 3 is 2.45 bits per heavy atom. The molecule has 1 heterocycles. The van der Waals surface area contributed by atoms with Crippen molar-refractivity contribution in [3.05, 3.63) is 0 Å². The Morgan fingerprint density at radius 2 is 1.90 bits per heavy atom. The normalized spacial score (nSPS) is 24.9. The lowest BCUT2D eigenvalue weighted by Crippen LogP contribution is -2.51. The summed E-state index contributed by atoms with van der Waals surface area (Å²) in [4.78, 5) is 2.60. The maximum absolute atomic E-state index is 9.65. The van der Waals surface area contributed by atoms with Gasteiger partial charge in [-0.25, -0.2) is 0 Å². The van der Waals surface area contributed by atoms with Gasteiger partial charge >= 0.3 is 0 Å². The summed E-state index contributed by atoms with van der Waals surface area (Å²) < 4.78 is 0. The molecule has 0 aliphatic carbocycles. The van der Waals surface area contributed by atoms with Crippen LogP contribution in [0.25, 0.3) is 0 Å². The molecule has 2 atom stereocenters. The summed E-state index contributed by atoms with van der Waals surface area (Å²) in [6, 6.07) is 0.418. The Morgan fingerprint density at radius 1 is 1.20 bits per heavy atom. The fraction of sp³-hybridized carbons (Fsp3) is 1.00. The van der Waals surface area contributed by atoms with Crippen molar-refractivity contribution in [1.82, 2.24) is 10.2 Å². The largest absolute Gasteiger partial charge is 0.394 e. The quantitative estimate of drug-likeness (QED) is 0.754. The Bertz CT molecular complexity index is 268. The van der Waals surface area contributed by atoms with E-state index >= 15 is 0 Å². The average molecular weight is 284 g/mol. The summed E-state index contributed by atoms with van der Waals surface area (Å²) in [7, 11) is 0. The van der Waals surface area contributed by atoms with Crippen LogP contribution in [-0.4, -0.2) is 47.8 Å². The SMILES string of the molecule is CC(C)NC(C)(CO)CCN1CCCC(C(C)C)CC1. The van der Waals surface area contributed by atoms with E-state index in [9.17, 15) is 5.11 Å². The first-order valence-electron chi connectivity index (χ1n) is 8.47. The molecule has 1 aliphatic heterocycles. The van der Waals surface area contributed by atoms with E-state index < -0.39 is 0 Å². The molecule has 0 amide bonds. The lowest BCUT2D eigenvalue weighted by Gasteiger charge is -2.33. The number of likely N-dealkylation sites (tertiary alicyclic amines) is 1. The van der Waals surface area contributed by atoms with Crippen LogP contribution in [0.2, 0.25) is 0 Å². The first-order chi connectivity index (χ1) is 9.36.